The van der Waals surface area contributed by atoms with Gasteiger partial charge in [0.15, 0.2) is 0 Å². The SMILES string of the molecule is CN(C(=O)C1CCC(C(=O)N(C)c2ccccc2C(=O)NCCc2ccccc2)CC1)c1ccccc1C(=O)NCCc1ccccc1. The lowest BCUT2D eigenvalue weighted by molar-refractivity contribution is -0.127. The first kappa shape index (κ1) is 34.1. The monoisotopic (exact) mass is 644 g/mol. The summed E-state index contributed by atoms with van der Waals surface area (Å²) in [6.45, 7) is 0.982. The molecule has 1 fully saturated rings. The van der Waals surface area contributed by atoms with Gasteiger partial charge in [0.05, 0.1) is 22.5 Å². The fraction of sp³-hybridized carbons (Fsp3) is 0.300. The molecule has 5 rings (SSSR count). The van der Waals surface area contributed by atoms with E-state index in [0.717, 1.165) is 11.1 Å². The molecule has 1 aliphatic rings. The molecule has 0 aromatic heterocycles. The topological polar surface area (TPSA) is 98.8 Å². The van der Waals surface area contributed by atoms with Gasteiger partial charge >= 0.3 is 0 Å². The molecule has 1 aliphatic carbocycles. The van der Waals surface area contributed by atoms with Gasteiger partial charge in [-0.2, -0.15) is 0 Å². The maximum Gasteiger partial charge on any atom is 0.253 e. The molecule has 1 saturated carbocycles. The average Bonchev–Trinajstić information content (AvgIpc) is 3.14. The van der Waals surface area contributed by atoms with Gasteiger partial charge in [-0.3, -0.25) is 19.2 Å². The van der Waals surface area contributed by atoms with Crippen LogP contribution in [0, 0.1) is 11.8 Å². The Labute approximate surface area is 283 Å². The highest BCUT2D eigenvalue weighted by molar-refractivity contribution is 6.06. The molecule has 48 heavy (non-hydrogen) atoms. The lowest BCUT2D eigenvalue weighted by Crippen LogP contribution is -2.40. The Morgan fingerprint density at radius 1 is 0.521 bits per heavy atom. The van der Waals surface area contributed by atoms with Crippen LogP contribution in [0.4, 0.5) is 11.4 Å². The highest BCUT2D eigenvalue weighted by Crippen LogP contribution is 2.34. The summed E-state index contributed by atoms with van der Waals surface area (Å²) in [7, 11) is 3.43. The second kappa shape index (κ2) is 16.5. The predicted octanol–water partition coefficient (Wildman–Crippen LogP) is 6.06. The molecule has 4 amide bonds. The molecule has 0 aliphatic heterocycles. The van der Waals surface area contributed by atoms with Crippen molar-refractivity contribution in [2.24, 2.45) is 11.8 Å². The van der Waals surface area contributed by atoms with Crippen molar-refractivity contribution >= 4 is 35.0 Å². The van der Waals surface area contributed by atoms with E-state index in [9.17, 15) is 19.2 Å². The fourth-order valence-electron chi connectivity index (χ4n) is 6.41. The quantitative estimate of drug-likeness (QED) is 0.196. The number of para-hydroxylation sites is 2. The van der Waals surface area contributed by atoms with Crippen molar-refractivity contribution in [3.8, 4) is 0 Å². The molecular weight excluding hydrogens is 600 g/mol. The largest absolute Gasteiger partial charge is 0.352 e. The van der Waals surface area contributed by atoms with E-state index in [4.69, 9.17) is 0 Å². The minimum absolute atomic E-state index is 0.0590. The maximum atomic E-state index is 13.7. The number of anilines is 2. The molecule has 2 N–H and O–H groups in total. The lowest BCUT2D eigenvalue weighted by Gasteiger charge is -2.32. The van der Waals surface area contributed by atoms with E-state index in [1.54, 1.807) is 60.3 Å². The van der Waals surface area contributed by atoms with Crippen molar-refractivity contribution in [1.29, 1.82) is 0 Å². The number of amides is 4. The smallest absolute Gasteiger partial charge is 0.253 e. The third-order valence-electron chi connectivity index (χ3n) is 9.19. The Bertz CT molecular complexity index is 1570. The molecule has 0 bridgehead atoms. The van der Waals surface area contributed by atoms with Crippen LogP contribution in [0.15, 0.2) is 109 Å². The molecule has 0 heterocycles. The summed E-state index contributed by atoms with van der Waals surface area (Å²) in [5.74, 6) is -1.05. The minimum atomic E-state index is -0.249. The van der Waals surface area contributed by atoms with Gasteiger partial charge in [0.2, 0.25) is 11.8 Å². The van der Waals surface area contributed by atoms with Crippen LogP contribution >= 0.6 is 0 Å². The molecule has 4 aromatic carbocycles. The molecule has 8 nitrogen and oxygen atoms in total. The highest BCUT2D eigenvalue weighted by Gasteiger charge is 2.34. The Hall–Kier alpha value is -5.24. The molecular formula is C40H44N4O4. The zero-order chi connectivity index (χ0) is 33.9. The van der Waals surface area contributed by atoms with E-state index in [0.29, 0.717) is 74.1 Å². The van der Waals surface area contributed by atoms with Crippen LogP contribution in [0.1, 0.15) is 57.5 Å². The fourth-order valence-corrected chi connectivity index (χ4v) is 6.41. The maximum absolute atomic E-state index is 13.7. The van der Waals surface area contributed by atoms with E-state index in [1.807, 2.05) is 72.8 Å². The predicted molar refractivity (Wildman–Crippen MR) is 190 cm³/mol. The number of carbonyl (C=O) groups excluding carboxylic acids is 4. The summed E-state index contributed by atoms with van der Waals surface area (Å²) in [5, 5.41) is 5.97. The summed E-state index contributed by atoms with van der Waals surface area (Å²) < 4.78 is 0. The Morgan fingerprint density at radius 3 is 1.23 bits per heavy atom. The number of hydrogen-bond donors (Lipinski definition) is 2. The Kier molecular flexibility index (Phi) is 11.8. The Balaban J connectivity index is 1.15. The van der Waals surface area contributed by atoms with Crippen molar-refractivity contribution in [3.63, 3.8) is 0 Å². The molecule has 4 aromatic rings. The van der Waals surface area contributed by atoms with Crippen molar-refractivity contribution in [2.75, 3.05) is 37.0 Å². The van der Waals surface area contributed by atoms with Crippen LogP contribution in [-0.4, -0.2) is 50.8 Å². The first-order chi connectivity index (χ1) is 23.3. The van der Waals surface area contributed by atoms with E-state index in [1.165, 1.54) is 0 Å². The molecule has 0 radical (unpaired) electrons. The highest BCUT2D eigenvalue weighted by atomic mass is 16.2. The molecule has 248 valence electrons. The van der Waals surface area contributed by atoms with Crippen LogP contribution in [0.2, 0.25) is 0 Å². The zero-order valence-corrected chi connectivity index (χ0v) is 27.7. The number of nitrogens with one attached hydrogen (secondary N) is 2. The van der Waals surface area contributed by atoms with Crippen LogP contribution < -0.4 is 20.4 Å². The first-order valence-electron chi connectivity index (χ1n) is 16.7. The van der Waals surface area contributed by atoms with Gasteiger partial charge < -0.3 is 20.4 Å². The number of nitrogens with zero attached hydrogens (tertiary/aromatic N) is 2. The van der Waals surface area contributed by atoms with Crippen LogP contribution in [0.5, 0.6) is 0 Å². The van der Waals surface area contributed by atoms with E-state index in [2.05, 4.69) is 10.6 Å². The molecule has 0 unspecified atom stereocenters. The third kappa shape index (κ3) is 8.56. The summed E-state index contributed by atoms with van der Waals surface area (Å²) >= 11 is 0. The number of hydrogen-bond acceptors (Lipinski definition) is 4. The summed E-state index contributed by atoms with van der Waals surface area (Å²) in [6, 6.07) is 34.3. The summed E-state index contributed by atoms with van der Waals surface area (Å²) in [5.41, 5.74) is 4.32. The lowest BCUT2D eigenvalue weighted by atomic mass is 9.80. The summed E-state index contributed by atoms with van der Waals surface area (Å²) in [6.07, 6.45) is 3.71. The molecule has 0 atom stereocenters. The van der Waals surface area contributed by atoms with E-state index < -0.39 is 0 Å². The van der Waals surface area contributed by atoms with Gasteiger partial charge in [-0.05, 0) is 73.9 Å². The van der Waals surface area contributed by atoms with Crippen molar-refractivity contribution in [2.45, 2.75) is 38.5 Å². The third-order valence-corrected chi connectivity index (χ3v) is 9.19. The standard InChI is InChI=1S/C40H44N4O4/c1-43(35-19-11-9-17-33(35)37(45)41-27-25-29-13-5-3-6-14-29)39(47)31-21-23-32(24-22-31)40(48)44(2)36-20-12-10-18-34(36)38(46)42-28-26-30-15-7-4-8-16-30/h3-20,31-32H,21-28H2,1-2H3,(H,41,45)(H,42,46). The first-order valence-corrected chi connectivity index (χ1v) is 16.7. The van der Waals surface area contributed by atoms with Gasteiger partial charge in [0, 0.05) is 39.0 Å². The molecule has 0 saturated heterocycles. The van der Waals surface area contributed by atoms with Crippen molar-refractivity contribution in [3.05, 3.63) is 131 Å². The zero-order valence-electron chi connectivity index (χ0n) is 27.7. The number of benzene rings is 4. The summed E-state index contributed by atoms with van der Waals surface area (Å²) in [4.78, 5) is 56.7. The van der Waals surface area contributed by atoms with Crippen molar-refractivity contribution in [1.82, 2.24) is 10.6 Å². The van der Waals surface area contributed by atoms with Gasteiger partial charge in [0.1, 0.15) is 0 Å². The number of carbonyl (C=O) groups is 4. The van der Waals surface area contributed by atoms with Crippen molar-refractivity contribution < 1.29 is 19.2 Å². The van der Waals surface area contributed by atoms with Crippen LogP contribution in [-0.2, 0) is 22.4 Å². The van der Waals surface area contributed by atoms with E-state index in [-0.39, 0.29) is 35.5 Å². The average molecular weight is 645 g/mol. The normalized spacial score (nSPS) is 15.6. The van der Waals surface area contributed by atoms with E-state index >= 15 is 0 Å². The second-order valence-electron chi connectivity index (χ2n) is 12.4. The van der Waals surface area contributed by atoms with Crippen LogP contribution in [0.25, 0.3) is 0 Å². The van der Waals surface area contributed by atoms with Gasteiger partial charge in [0.25, 0.3) is 11.8 Å². The molecule has 0 spiro atoms. The van der Waals surface area contributed by atoms with Gasteiger partial charge in [-0.1, -0.05) is 84.9 Å². The molecule has 8 heteroatoms. The second-order valence-corrected chi connectivity index (χ2v) is 12.4. The van der Waals surface area contributed by atoms with Gasteiger partial charge in [-0.25, -0.2) is 0 Å². The Morgan fingerprint density at radius 2 is 0.854 bits per heavy atom. The number of rotatable bonds is 12. The van der Waals surface area contributed by atoms with Crippen LogP contribution in [0.3, 0.4) is 0 Å². The van der Waals surface area contributed by atoms with Gasteiger partial charge in [-0.15, -0.1) is 0 Å². The minimum Gasteiger partial charge on any atom is -0.352 e.